The molecule has 182 valence electrons. The largest absolute Gasteiger partial charge is 0.390 e. The average molecular weight is 462 g/mol. The molecule has 0 amide bonds. The highest BCUT2D eigenvalue weighted by Gasteiger charge is 2.70. The van der Waals surface area contributed by atoms with Crippen LogP contribution in [0.2, 0.25) is 0 Å². The fraction of sp³-hybridized carbons (Fsp3) is 0.828. The van der Waals surface area contributed by atoms with Crippen molar-refractivity contribution in [3.63, 3.8) is 0 Å². The predicted octanol–water partition coefficient (Wildman–Crippen LogP) is 5.76. The van der Waals surface area contributed by atoms with Crippen molar-refractivity contribution >= 4 is 11.5 Å². The SMILES string of the molecule is [C-]#[N+]c1cnn(CC(=O)[C@H]2[C@H]3C[C@H]3[C@H]3[C@@H]4CC[C@@H]5C[C@](C)(O)CC[C@@H]5[C@H]4CC[C@@]32C)c1C1CC1. The van der Waals surface area contributed by atoms with Crippen LogP contribution in [0.3, 0.4) is 0 Å². The van der Waals surface area contributed by atoms with E-state index >= 15 is 0 Å². The minimum atomic E-state index is -0.456. The third-order valence-electron chi connectivity index (χ3n) is 11.6. The summed E-state index contributed by atoms with van der Waals surface area (Å²) < 4.78 is 1.90. The minimum absolute atomic E-state index is 0.147. The van der Waals surface area contributed by atoms with Crippen LogP contribution >= 0.6 is 0 Å². The van der Waals surface area contributed by atoms with E-state index in [1.165, 1.54) is 38.5 Å². The fourth-order valence-corrected chi connectivity index (χ4v) is 10.3. The highest BCUT2D eigenvalue weighted by Crippen LogP contribution is 2.74. The Morgan fingerprint density at radius 1 is 1.09 bits per heavy atom. The van der Waals surface area contributed by atoms with Gasteiger partial charge in [-0.2, -0.15) is 5.10 Å². The van der Waals surface area contributed by atoms with E-state index in [4.69, 9.17) is 6.57 Å². The number of aromatic nitrogens is 2. The Morgan fingerprint density at radius 3 is 2.65 bits per heavy atom. The number of hydrogen-bond acceptors (Lipinski definition) is 3. The summed E-state index contributed by atoms with van der Waals surface area (Å²) in [6.45, 7) is 12.4. The zero-order valence-corrected chi connectivity index (χ0v) is 20.7. The predicted molar refractivity (Wildman–Crippen MR) is 129 cm³/mol. The first-order valence-electron chi connectivity index (χ1n) is 14.0. The van der Waals surface area contributed by atoms with Crippen LogP contribution < -0.4 is 0 Å². The molecule has 5 heteroatoms. The van der Waals surface area contributed by atoms with E-state index in [0.29, 0.717) is 41.7 Å². The molecule has 10 atom stereocenters. The van der Waals surface area contributed by atoms with Crippen LogP contribution in [0.5, 0.6) is 0 Å². The molecule has 1 aromatic heterocycles. The summed E-state index contributed by atoms with van der Waals surface area (Å²) in [6.07, 6.45) is 13.4. The third-order valence-corrected chi connectivity index (χ3v) is 11.6. The van der Waals surface area contributed by atoms with Crippen LogP contribution in [0.1, 0.15) is 89.7 Å². The number of rotatable bonds is 4. The Bertz CT molecular complexity index is 1060. The van der Waals surface area contributed by atoms with Crippen LogP contribution in [0.25, 0.3) is 4.85 Å². The number of fused-ring (bicyclic) bond motifs is 7. The number of Topliss-reactive ketones (excluding diaryl/α,β-unsaturated/α-hetero) is 1. The van der Waals surface area contributed by atoms with E-state index in [9.17, 15) is 9.90 Å². The number of nitrogens with zero attached hydrogens (tertiary/aromatic N) is 3. The van der Waals surface area contributed by atoms with E-state index in [-0.39, 0.29) is 11.3 Å². The maximum absolute atomic E-state index is 13.9. The van der Waals surface area contributed by atoms with Gasteiger partial charge in [-0.15, -0.1) is 0 Å². The zero-order valence-electron chi connectivity index (χ0n) is 20.7. The summed E-state index contributed by atoms with van der Waals surface area (Å²) >= 11 is 0. The molecule has 6 aliphatic rings. The maximum Gasteiger partial charge on any atom is 0.227 e. The lowest BCUT2D eigenvalue weighted by Gasteiger charge is -2.57. The van der Waals surface area contributed by atoms with Crippen LogP contribution in [-0.4, -0.2) is 26.3 Å². The van der Waals surface area contributed by atoms with Crippen LogP contribution in [-0.2, 0) is 11.3 Å². The van der Waals surface area contributed by atoms with Crippen molar-refractivity contribution in [3.05, 3.63) is 23.3 Å². The standard InChI is InChI=1S/C29H39N3O2/c1-28(34)10-8-18-17(13-28)6-7-20-19(18)9-11-29(2)25(20)21-12-22(21)26(29)24(33)15-32-27(16-4-5-16)23(30-3)14-31-32/h14,16-22,25-26,34H,4-13,15H2,1-2H3/t17-,18+,19-,20-,21-,22+,25-,26-,28-,29+/m1/s1. The van der Waals surface area contributed by atoms with Gasteiger partial charge in [-0.1, -0.05) is 6.92 Å². The molecule has 0 spiro atoms. The Hall–Kier alpha value is -1.67. The van der Waals surface area contributed by atoms with E-state index in [1.54, 1.807) is 6.20 Å². The molecule has 6 saturated carbocycles. The first kappa shape index (κ1) is 21.6. The number of ketones is 1. The van der Waals surface area contributed by atoms with Crippen molar-refractivity contribution in [3.8, 4) is 0 Å². The number of hydrogen-bond donors (Lipinski definition) is 1. The van der Waals surface area contributed by atoms with Gasteiger partial charge in [0.15, 0.2) is 5.78 Å². The van der Waals surface area contributed by atoms with Crippen LogP contribution in [0.15, 0.2) is 6.20 Å². The molecule has 0 aromatic carbocycles. The summed E-state index contributed by atoms with van der Waals surface area (Å²) in [7, 11) is 0. The molecule has 34 heavy (non-hydrogen) atoms. The lowest BCUT2D eigenvalue weighted by atomic mass is 9.48. The van der Waals surface area contributed by atoms with Gasteiger partial charge in [-0.25, -0.2) is 4.85 Å². The summed E-state index contributed by atoms with van der Waals surface area (Å²) in [4.78, 5) is 17.6. The van der Waals surface area contributed by atoms with Crippen LogP contribution in [0, 0.1) is 59.3 Å². The second-order valence-electron chi connectivity index (χ2n) is 13.6. The van der Waals surface area contributed by atoms with E-state index in [0.717, 1.165) is 55.0 Å². The molecule has 0 radical (unpaired) electrons. The van der Waals surface area contributed by atoms with E-state index in [1.807, 2.05) is 11.6 Å². The highest BCUT2D eigenvalue weighted by atomic mass is 16.3. The molecule has 0 saturated heterocycles. The normalized spacial score (nSPS) is 48.8. The van der Waals surface area contributed by atoms with Gasteiger partial charge < -0.3 is 5.11 Å². The summed E-state index contributed by atoms with van der Waals surface area (Å²) in [5.41, 5.74) is 1.36. The summed E-state index contributed by atoms with van der Waals surface area (Å²) in [5, 5.41) is 15.2. The molecule has 1 heterocycles. The van der Waals surface area contributed by atoms with E-state index in [2.05, 4.69) is 16.9 Å². The molecule has 7 rings (SSSR count). The first-order chi connectivity index (χ1) is 16.3. The lowest BCUT2D eigenvalue weighted by Crippen LogP contribution is -2.52. The van der Waals surface area contributed by atoms with Crippen molar-refractivity contribution in [1.82, 2.24) is 9.78 Å². The van der Waals surface area contributed by atoms with Gasteiger partial charge in [0, 0.05) is 11.6 Å². The monoisotopic (exact) mass is 461 g/mol. The van der Waals surface area contributed by atoms with Gasteiger partial charge in [0.2, 0.25) is 5.69 Å². The quantitative estimate of drug-likeness (QED) is 0.580. The van der Waals surface area contributed by atoms with Crippen molar-refractivity contribution in [2.45, 2.75) is 96.1 Å². The topological polar surface area (TPSA) is 59.5 Å². The first-order valence-corrected chi connectivity index (χ1v) is 14.0. The molecule has 6 aliphatic carbocycles. The second kappa shape index (κ2) is 7.19. The van der Waals surface area contributed by atoms with E-state index < -0.39 is 5.60 Å². The molecule has 0 unspecified atom stereocenters. The van der Waals surface area contributed by atoms with Gasteiger partial charge in [-0.05, 0) is 124 Å². The van der Waals surface area contributed by atoms with Gasteiger partial charge in [0.1, 0.15) is 0 Å². The molecule has 0 bridgehead atoms. The highest BCUT2D eigenvalue weighted by molar-refractivity contribution is 5.83. The number of carbonyl (C=O) groups excluding carboxylic acids is 1. The summed E-state index contributed by atoms with van der Waals surface area (Å²) in [5.74, 6) is 6.18. The Morgan fingerprint density at radius 2 is 1.88 bits per heavy atom. The Labute approximate surface area is 203 Å². The van der Waals surface area contributed by atoms with Gasteiger partial charge >= 0.3 is 0 Å². The van der Waals surface area contributed by atoms with Crippen molar-refractivity contribution in [1.29, 1.82) is 0 Å². The molecule has 0 aliphatic heterocycles. The molecule has 6 fully saturated rings. The van der Waals surface area contributed by atoms with Crippen molar-refractivity contribution in [2.75, 3.05) is 0 Å². The van der Waals surface area contributed by atoms with Crippen molar-refractivity contribution in [2.24, 2.45) is 52.8 Å². The van der Waals surface area contributed by atoms with Crippen molar-refractivity contribution < 1.29 is 9.90 Å². The number of carbonyl (C=O) groups is 1. The van der Waals surface area contributed by atoms with Crippen LogP contribution in [0.4, 0.5) is 5.69 Å². The molecule has 1 aromatic rings. The Balaban J connectivity index is 1.13. The molecular formula is C29H39N3O2. The fourth-order valence-electron chi connectivity index (χ4n) is 10.3. The van der Waals surface area contributed by atoms with Gasteiger partial charge in [-0.3, -0.25) is 9.48 Å². The zero-order chi connectivity index (χ0) is 23.4. The second-order valence-corrected chi connectivity index (χ2v) is 13.6. The Kier molecular flexibility index (Phi) is 4.57. The molecule has 1 N–H and O–H groups in total. The third kappa shape index (κ3) is 3.06. The van der Waals surface area contributed by atoms with Gasteiger partial charge in [0.05, 0.1) is 24.9 Å². The lowest BCUT2D eigenvalue weighted by molar-refractivity contribution is -0.136. The molecule has 5 nitrogen and oxygen atoms in total. The average Bonchev–Trinajstić information content (AvgIpc) is 3.71. The maximum atomic E-state index is 13.9. The minimum Gasteiger partial charge on any atom is -0.390 e. The smallest absolute Gasteiger partial charge is 0.227 e. The number of aliphatic hydroxyl groups is 1. The summed E-state index contributed by atoms with van der Waals surface area (Å²) in [6, 6.07) is 0. The molecular weight excluding hydrogens is 422 g/mol. The van der Waals surface area contributed by atoms with Gasteiger partial charge in [0.25, 0.3) is 0 Å².